The summed E-state index contributed by atoms with van der Waals surface area (Å²) in [6.07, 6.45) is 1.73. The molecule has 0 atom stereocenters. The van der Waals surface area contributed by atoms with Gasteiger partial charge in [-0.2, -0.15) is 0 Å². The standard InChI is InChI=1S/C11H15N3O4/c12-7-8-3-5-13(6-4-8)11(15)9-1-2-10(18-9)14(16)17/h1-2,8H,3-7,12H2. The van der Waals surface area contributed by atoms with Crippen molar-refractivity contribution in [1.82, 2.24) is 4.90 Å². The molecule has 1 aliphatic rings. The van der Waals surface area contributed by atoms with Crippen LogP contribution in [0.25, 0.3) is 0 Å². The van der Waals surface area contributed by atoms with Gasteiger partial charge >= 0.3 is 5.88 Å². The van der Waals surface area contributed by atoms with Crippen LogP contribution in [0.1, 0.15) is 23.4 Å². The summed E-state index contributed by atoms with van der Waals surface area (Å²) in [7, 11) is 0. The molecule has 0 spiro atoms. The Kier molecular flexibility index (Phi) is 3.61. The molecule has 0 aromatic carbocycles. The van der Waals surface area contributed by atoms with Crippen LogP contribution in [-0.4, -0.2) is 35.4 Å². The van der Waals surface area contributed by atoms with E-state index in [4.69, 9.17) is 10.2 Å². The van der Waals surface area contributed by atoms with Gasteiger partial charge in [-0.3, -0.25) is 14.9 Å². The molecule has 1 aromatic rings. The number of hydrogen-bond acceptors (Lipinski definition) is 5. The molecule has 1 saturated heterocycles. The van der Waals surface area contributed by atoms with Crippen molar-refractivity contribution < 1.29 is 14.1 Å². The van der Waals surface area contributed by atoms with Gasteiger partial charge in [-0.1, -0.05) is 0 Å². The Morgan fingerprint density at radius 3 is 2.67 bits per heavy atom. The van der Waals surface area contributed by atoms with Gasteiger partial charge in [-0.05, 0) is 31.4 Å². The summed E-state index contributed by atoms with van der Waals surface area (Å²) >= 11 is 0. The lowest BCUT2D eigenvalue weighted by Crippen LogP contribution is -2.39. The van der Waals surface area contributed by atoms with Crippen LogP contribution in [0.15, 0.2) is 16.5 Å². The number of carbonyl (C=O) groups excluding carboxylic acids is 1. The molecule has 18 heavy (non-hydrogen) atoms. The second-order valence-corrected chi connectivity index (χ2v) is 4.37. The number of amides is 1. The van der Waals surface area contributed by atoms with Gasteiger partial charge in [0.1, 0.15) is 4.92 Å². The third kappa shape index (κ3) is 2.51. The molecule has 0 aliphatic carbocycles. The normalized spacial score (nSPS) is 16.8. The molecule has 2 rings (SSSR count). The number of piperidine rings is 1. The van der Waals surface area contributed by atoms with Crippen molar-refractivity contribution in [2.24, 2.45) is 11.7 Å². The van der Waals surface area contributed by atoms with E-state index in [1.807, 2.05) is 0 Å². The maximum Gasteiger partial charge on any atom is 0.433 e. The molecule has 1 aliphatic heterocycles. The van der Waals surface area contributed by atoms with Gasteiger partial charge in [0.25, 0.3) is 5.91 Å². The Hall–Kier alpha value is -1.89. The van der Waals surface area contributed by atoms with Crippen molar-refractivity contribution in [2.45, 2.75) is 12.8 Å². The minimum absolute atomic E-state index is 0.0212. The van der Waals surface area contributed by atoms with E-state index in [0.29, 0.717) is 25.6 Å². The third-order valence-electron chi connectivity index (χ3n) is 3.22. The topological polar surface area (TPSA) is 103 Å². The molecule has 1 fully saturated rings. The fourth-order valence-electron chi connectivity index (χ4n) is 2.07. The average Bonchev–Trinajstić information content (AvgIpc) is 2.88. The highest BCUT2D eigenvalue weighted by Crippen LogP contribution is 2.21. The van der Waals surface area contributed by atoms with E-state index in [2.05, 4.69) is 0 Å². The fourth-order valence-corrected chi connectivity index (χ4v) is 2.07. The van der Waals surface area contributed by atoms with Gasteiger partial charge in [0.15, 0.2) is 5.76 Å². The van der Waals surface area contributed by atoms with E-state index in [1.165, 1.54) is 12.1 Å². The Morgan fingerprint density at radius 2 is 2.17 bits per heavy atom. The zero-order valence-corrected chi connectivity index (χ0v) is 9.87. The summed E-state index contributed by atoms with van der Waals surface area (Å²) in [5.74, 6) is -0.221. The fraction of sp³-hybridized carbons (Fsp3) is 0.545. The van der Waals surface area contributed by atoms with Crippen molar-refractivity contribution in [2.75, 3.05) is 19.6 Å². The maximum absolute atomic E-state index is 12.0. The summed E-state index contributed by atoms with van der Waals surface area (Å²) in [6.45, 7) is 1.87. The van der Waals surface area contributed by atoms with E-state index in [1.54, 1.807) is 4.90 Å². The number of rotatable bonds is 3. The van der Waals surface area contributed by atoms with Gasteiger partial charge in [0, 0.05) is 13.1 Å². The molecule has 2 N–H and O–H groups in total. The number of nitrogens with zero attached hydrogens (tertiary/aromatic N) is 2. The molecule has 98 valence electrons. The van der Waals surface area contributed by atoms with Crippen LogP contribution in [0.2, 0.25) is 0 Å². The zero-order valence-electron chi connectivity index (χ0n) is 9.87. The van der Waals surface area contributed by atoms with Crippen molar-refractivity contribution in [3.63, 3.8) is 0 Å². The molecule has 2 heterocycles. The number of nitrogens with two attached hydrogens (primary N) is 1. The van der Waals surface area contributed by atoms with Crippen LogP contribution in [-0.2, 0) is 0 Å². The SMILES string of the molecule is NCC1CCN(C(=O)c2ccc([N+](=O)[O-])o2)CC1. The molecule has 7 heteroatoms. The third-order valence-corrected chi connectivity index (χ3v) is 3.22. The molecule has 7 nitrogen and oxygen atoms in total. The number of likely N-dealkylation sites (tertiary alicyclic amines) is 1. The Bertz CT molecular complexity index is 449. The number of hydrogen-bond donors (Lipinski definition) is 1. The minimum atomic E-state index is -0.655. The summed E-state index contributed by atoms with van der Waals surface area (Å²) in [5.41, 5.74) is 5.58. The molecule has 0 bridgehead atoms. The molecule has 0 unspecified atom stereocenters. The van der Waals surface area contributed by atoms with Crippen LogP contribution in [0.3, 0.4) is 0 Å². The van der Waals surface area contributed by atoms with E-state index >= 15 is 0 Å². The first-order valence-corrected chi connectivity index (χ1v) is 5.85. The van der Waals surface area contributed by atoms with Crippen LogP contribution < -0.4 is 5.73 Å². The molecule has 1 aromatic heterocycles. The van der Waals surface area contributed by atoms with Gasteiger partial charge < -0.3 is 15.1 Å². The monoisotopic (exact) mass is 253 g/mol. The Balaban J connectivity index is 2.01. The first-order chi connectivity index (χ1) is 8.61. The largest absolute Gasteiger partial charge is 0.433 e. The second kappa shape index (κ2) is 5.18. The van der Waals surface area contributed by atoms with Crippen molar-refractivity contribution in [3.8, 4) is 0 Å². The first kappa shape index (κ1) is 12.6. The van der Waals surface area contributed by atoms with Crippen LogP contribution >= 0.6 is 0 Å². The quantitative estimate of drug-likeness (QED) is 0.639. The highest BCUT2D eigenvalue weighted by Gasteiger charge is 2.26. The number of furan rings is 1. The summed E-state index contributed by atoms with van der Waals surface area (Å²) in [4.78, 5) is 23.5. The molecule has 0 radical (unpaired) electrons. The lowest BCUT2D eigenvalue weighted by atomic mass is 9.97. The first-order valence-electron chi connectivity index (χ1n) is 5.85. The highest BCUT2D eigenvalue weighted by molar-refractivity contribution is 5.91. The summed E-state index contributed by atoms with van der Waals surface area (Å²) in [6, 6.07) is 2.54. The lowest BCUT2D eigenvalue weighted by molar-refractivity contribution is -0.402. The van der Waals surface area contributed by atoms with Gasteiger partial charge in [0.2, 0.25) is 0 Å². The molecular weight excluding hydrogens is 238 g/mol. The van der Waals surface area contributed by atoms with Crippen molar-refractivity contribution >= 4 is 11.8 Å². The summed E-state index contributed by atoms with van der Waals surface area (Å²) < 4.78 is 4.90. The molecule has 1 amide bonds. The van der Waals surface area contributed by atoms with Crippen LogP contribution in [0.4, 0.5) is 5.88 Å². The van der Waals surface area contributed by atoms with Gasteiger partial charge in [0.05, 0.1) is 6.07 Å². The maximum atomic E-state index is 12.0. The Labute approximate surface area is 104 Å². The van der Waals surface area contributed by atoms with Crippen molar-refractivity contribution in [3.05, 3.63) is 28.0 Å². The summed E-state index contributed by atoms with van der Waals surface area (Å²) in [5, 5.41) is 10.5. The van der Waals surface area contributed by atoms with E-state index < -0.39 is 10.8 Å². The van der Waals surface area contributed by atoms with E-state index in [9.17, 15) is 14.9 Å². The number of carbonyl (C=O) groups is 1. The molecular formula is C11H15N3O4. The molecule has 0 saturated carbocycles. The smallest absolute Gasteiger partial charge is 0.395 e. The van der Waals surface area contributed by atoms with Gasteiger partial charge in [-0.25, -0.2) is 0 Å². The van der Waals surface area contributed by atoms with E-state index in [-0.39, 0.29) is 11.7 Å². The minimum Gasteiger partial charge on any atom is -0.395 e. The number of nitro groups is 1. The highest BCUT2D eigenvalue weighted by atomic mass is 16.6. The van der Waals surface area contributed by atoms with Crippen LogP contribution in [0, 0.1) is 16.0 Å². The van der Waals surface area contributed by atoms with Crippen LogP contribution in [0.5, 0.6) is 0 Å². The predicted molar refractivity (Wildman–Crippen MR) is 63.0 cm³/mol. The average molecular weight is 253 g/mol. The lowest BCUT2D eigenvalue weighted by Gasteiger charge is -2.30. The van der Waals surface area contributed by atoms with Crippen molar-refractivity contribution in [1.29, 1.82) is 0 Å². The Morgan fingerprint density at radius 1 is 1.50 bits per heavy atom. The van der Waals surface area contributed by atoms with Gasteiger partial charge in [-0.15, -0.1) is 0 Å². The predicted octanol–water partition coefficient (Wildman–Crippen LogP) is 0.999. The zero-order chi connectivity index (χ0) is 13.1. The van der Waals surface area contributed by atoms with E-state index in [0.717, 1.165) is 12.8 Å². The second-order valence-electron chi connectivity index (χ2n) is 4.37.